The van der Waals surface area contributed by atoms with E-state index in [1.807, 2.05) is 12.1 Å². The Hall–Kier alpha value is -3.26. The maximum absolute atomic E-state index is 6.01. The number of benzene rings is 4. The second-order valence-corrected chi connectivity index (χ2v) is 6.79. The lowest BCUT2D eigenvalue weighted by Gasteiger charge is -2.11. The van der Waals surface area contributed by atoms with Crippen LogP contribution in [0.2, 0.25) is 0 Å². The van der Waals surface area contributed by atoms with E-state index < -0.39 is 0 Å². The SMILES string of the molecule is Cc1cccc(NCc2ccc(OCc3cccc4ccccc34)cc2)c1. The van der Waals surface area contributed by atoms with Gasteiger partial charge in [-0.15, -0.1) is 0 Å². The Kier molecular flexibility index (Phi) is 5.06. The van der Waals surface area contributed by atoms with Crippen molar-refractivity contribution in [2.24, 2.45) is 0 Å². The standard InChI is InChI=1S/C25H23NO/c1-19-6-4-10-23(16-19)26-17-20-12-14-24(15-13-20)27-18-22-9-5-8-21-7-2-3-11-25(21)22/h2-16,26H,17-18H2,1H3. The van der Waals surface area contributed by atoms with E-state index in [0.717, 1.165) is 18.0 Å². The summed E-state index contributed by atoms with van der Waals surface area (Å²) in [6.07, 6.45) is 0. The van der Waals surface area contributed by atoms with Crippen LogP contribution in [0.15, 0.2) is 91.0 Å². The molecule has 0 radical (unpaired) electrons. The molecule has 0 spiro atoms. The molecule has 0 amide bonds. The number of rotatable bonds is 6. The molecule has 0 unspecified atom stereocenters. The number of hydrogen-bond donors (Lipinski definition) is 1. The molecule has 134 valence electrons. The van der Waals surface area contributed by atoms with Crippen molar-refractivity contribution in [3.8, 4) is 5.75 Å². The fourth-order valence-corrected chi connectivity index (χ4v) is 3.24. The minimum Gasteiger partial charge on any atom is -0.489 e. The highest BCUT2D eigenvalue weighted by molar-refractivity contribution is 5.85. The van der Waals surface area contributed by atoms with Crippen LogP contribution in [0.4, 0.5) is 5.69 Å². The van der Waals surface area contributed by atoms with Gasteiger partial charge < -0.3 is 10.1 Å². The first-order valence-corrected chi connectivity index (χ1v) is 9.27. The maximum atomic E-state index is 6.01. The van der Waals surface area contributed by atoms with Crippen LogP contribution in [0.3, 0.4) is 0 Å². The fraction of sp³-hybridized carbons (Fsp3) is 0.120. The Bertz CT molecular complexity index is 1030. The van der Waals surface area contributed by atoms with Gasteiger partial charge in [0.15, 0.2) is 0 Å². The summed E-state index contributed by atoms with van der Waals surface area (Å²) in [5.41, 5.74) is 4.84. The molecule has 0 aromatic heterocycles. The first-order chi connectivity index (χ1) is 13.3. The van der Waals surface area contributed by atoms with Crippen molar-refractivity contribution in [2.45, 2.75) is 20.1 Å². The van der Waals surface area contributed by atoms with Gasteiger partial charge in [0.25, 0.3) is 0 Å². The van der Waals surface area contributed by atoms with Crippen molar-refractivity contribution in [2.75, 3.05) is 5.32 Å². The third-order valence-corrected chi connectivity index (χ3v) is 4.71. The van der Waals surface area contributed by atoms with E-state index in [2.05, 4.69) is 91.1 Å². The van der Waals surface area contributed by atoms with E-state index in [9.17, 15) is 0 Å². The van der Waals surface area contributed by atoms with E-state index in [0.29, 0.717) is 6.61 Å². The molecule has 0 atom stereocenters. The van der Waals surface area contributed by atoms with Crippen LogP contribution in [0.1, 0.15) is 16.7 Å². The number of ether oxygens (including phenoxy) is 1. The molecule has 0 saturated heterocycles. The smallest absolute Gasteiger partial charge is 0.119 e. The van der Waals surface area contributed by atoms with Crippen molar-refractivity contribution in [1.29, 1.82) is 0 Å². The normalized spacial score (nSPS) is 10.7. The molecule has 4 aromatic rings. The largest absolute Gasteiger partial charge is 0.489 e. The van der Waals surface area contributed by atoms with Crippen molar-refractivity contribution in [3.05, 3.63) is 108 Å². The van der Waals surface area contributed by atoms with Gasteiger partial charge in [0.1, 0.15) is 12.4 Å². The van der Waals surface area contributed by atoms with Crippen molar-refractivity contribution in [3.63, 3.8) is 0 Å². The second-order valence-electron chi connectivity index (χ2n) is 6.79. The Morgan fingerprint density at radius 1 is 0.778 bits per heavy atom. The Balaban J connectivity index is 1.37. The molecule has 0 bridgehead atoms. The number of aryl methyl sites for hydroxylation is 1. The summed E-state index contributed by atoms with van der Waals surface area (Å²) in [5, 5.41) is 5.95. The maximum Gasteiger partial charge on any atom is 0.119 e. The minimum atomic E-state index is 0.572. The van der Waals surface area contributed by atoms with Gasteiger partial charge in [0.2, 0.25) is 0 Å². The van der Waals surface area contributed by atoms with Crippen LogP contribution in [0, 0.1) is 6.92 Å². The fourth-order valence-electron chi connectivity index (χ4n) is 3.24. The lowest BCUT2D eigenvalue weighted by Crippen LogP contribution is -2.00. The molecule has 0 fully saturated rings. The van der Waals surface area contributed by atoms with Crippen molar-refractivity contribution >= 4 is 16.5 Å². The zero-order chi connectivity index (χ0) is 18.5. The van der Waals surface area contributed by atoms with E-state index in [-0.39, 0.29) is 0 Å². The predicted molar refractivity (Wildman–Crippen MR) is 113 cm³/mol. The first-order valence-electron chi connectivity index (χ1n) is 9.27. The number of anilines is 1. The molecular formula is C25H23NO. The third kappa shape index (κ3) is 4.29. The monoisotopic (exact) mass is 353 g/mol. The quantitative estimate of drug-likeness (QED) is 0.437. The van der Waals surface area contributed by atoms with Gasteiger partial charge in [0.05, 0.1) is 0 Å². The molecule has 0 aliphatic heterocycles. The Morgan fingerprint density at radius 3 is 2.41 bits per heavy atom. The zero-order valence-electron chi connectivity index (χ0n) is 15.5. The number of nitrogens with one attached hydrogen (secondary N) is 1. The lowest BCUT2D eigenvalue weighted by atomic mass is 10.1. The van der Waals surface area contributed by atoms with Crippen LogP contribution in [0.25, 0.3) is 10.8 Å². The number of hydrogen-bond acceptors (Lipinski definition) is 2. The van der Waals surface area contributed by atoms with Gasteiger partial charge in [-0.2, -0.15) is 0 Å². The van der Waals surface area contributed by atoms with Crippen LogP contribution < -0.4 is 10.1 Å². The van der Waals surface area contributed by atoms with Crippen LogP contribution >= 0.6 is 0 Å². The minimum absolute atomic E-state index is 0.572. The molecule has 1 N–H and O–H groups in total. The number of fused-ring (bicyclic) bond motifs is 1. The highest BCUT2D eigenvalue weighted by Gasteiger charge is 2.02. The summed E-state index contributed by atoms with van der Waals surface area (Å²) in [5.74, 6) is 0.891. The summed E-state index contributed by atoms with van der Waals surface area (Å²) >= 11 is 0. The average molecular weight is 353 g/mol. The van der Waals surface area contributed by atoms with Crippen molar-refractivity contribution in [1.82, 2.24) is 0 Å². The van der Waals surface area contributed by atoms with E-state index in [4.69, 9.17) is 4.74 Å². The topological polar surface area (TPSA) is 21.3 Å². The van der Waals surface area contributed by atoms with Gasteiger partial charge in [-0.05, 0) is 58.7 Å². The summed E-state index contributed by atoms with van der Waals surface area (Å²) in [6, 6.07) is 31.5. The molecular weight excluding hydrogens is 330 g/mol. The summed E-state index contributed by atoms with van der Waals surface area (Å²) < 4.78 is 6.01. The van der Waals surface area contributed by atoms with Gasteiger partial charge in [0, 0.05) is 12.2 Å². The molecule has 0 aliphatic rings. The van der Waals surface area contributed by atoms with Gasteiger partial charge in [-0.25, -0.2) is 0 Å². The van der Waals surface area contributed by atoms with Crippen LogP contribution in [-0.4, -0.2) is 0 Å². The predicted octanol–water partition coefficient (Wildman–Crippen LogP) is 6.34. The average Bonchev–Trinajstić information content (AvgIpc) is 2.71. The van der Waals surface area contributed by atoms with Crippen LogP contribution in [-0.2, 0) is 13.2 Å². The Morgan fingerprint density at radius 2 is 1.56 bits per heavy atom. The zero-order valence-corrected chi connectivity index (χ0v) is 15.5. The van der Waals surface area contributed by atoms with Crippen molar-refractivity contribution < 1.29 is 4.74 Å². The molecule has 2 nitrogen and oxygen atoms in total. The molecule has 2 heteroatoms. The molecule has 4 aromatic carbocycles. The Labute approximate surface area is 160 Å². The van der Waals surface area contributed by atoms with Crippen LogP contribution in [0.5, 0.6) is 5.75 Å². The van der Waals surface area contributed by atoms with E-state index in [1.54, 1.807) is 0 Å². The third-order valence-electron chi connectivity index (χ3n) is 4.71. The molecule has 27 heavy (non-hydrogen) atoms. The first kappa shape index (κ1) is 17.2. The van der Waals surface area contributed by atoms with Gasteiger partial charge >= 0.3 is 0 Å². The van der Waals surface area contributed by atoms with E-state index in [1.165, 1.54) is 27.5 Å². The summed E-state index contributed by atoms with van der Waals surface area (Å²) in [6.45, 7) is 3.47. The molecule has 4 rings (SSSR count). The highest BCUT2D eigenvalue weighted by Crippen LogP contribution is 2.21. The molecule has 0 saturated carbocycles. The molecule has 0 heterocycles. The van der Waals surface area contributed by atoms with E-state index >= 15 is 0 Å². The van der Waals surface area contributed by atoms with Gasteiger partial charge in [-0.1, -0.05) is 66.7 Å². The highest BCUT2D eigenvalue weighted by atomic mass is 16.5. The lowest BCUT2D eigenvalue weighted by molar-refractivity contribution is 0.307. The molecule has 0 aliphatic carbocycles. The van der Waals surface area contributed by atoms with Gasteiger partial charge in [-0.3, -0.25) is 0 Å². The summed E-state index contributed by atoms with van der Waals surface area (Å²) in [7, 11) is 0. The second kappa shape index (κ2) is 7.96. The summed E-state index contributed by atoms with van der Waals surface area (Å²) in [4.78, 5) is 0.